The third kappa shape index (κ3) is 3.48. The number of hydrogen-bond donors (Lipinski definition) is 1. The van der Waals surface area contributed by atoms with Gasteiger partial charge in [0, 0.05) is 17.9 Å². The van der Waals surface area contributed by atoms with Crippen molar-refractivity contribution in [2.75, 3.05) is 19.8 Å². The Labute approximate surface area is 106 Å². The number of thioether (sulfide) groups is 1. The monoisotopic (exact) mass is 257 g/mol. The first-order valence-electron chi connectivity index (χ1n) is 5.91. The molecular formula is C12H19NOS2. The molecule has 0 bridgehead atoms. The Morgan fingerprint density at radius 2 is 2.56 bits per heavy atom. The third-order valence-electron chi connectivity index (χ3n) is 2.72. The first-order valence-corrected chi connectivity index (χ1v) is 7.67. The molecule has 1 aromatic rings. The SMILES string of the molecule is CCCNC1CCOCC1Sc1cccs1. The Morgan fingerprint density at radius 1 is 1.62 bits per heavy atom. The van der Waals surface area contributed by atoms with Crippen LogP contribution in [0.25, 0.3) is 0 Å². The minimum absolute atomic E-state index is 0.568. The normalized spacial score (nSPS) is 25.8. The summed E-state index contributed by atoms with van der Waals surface area (Å²) in [7, 11) is 0. The molecule has 2 atom stereocenters. The van der Waals surface area contributed by atoms with Gasteiger partial charge in [0.1, 0.15) is 0 Å². The molecule has 0 aliphatic carbocycles. The molecule has 0 aromatic carbocycles. The highest BCUT2D eigenvalue weighted by Crippen LogP contribution is 2.31. The minimum Gasteiger partial charge on any atom is -0.380 e. The molecule has 2 heterocycles. The highest BCUT2D eigenvalue weighted by molar-refractivity contribution is 8.01. The lowest BCUT2D eigenvalue weighted by Crippen LogP contribution is -2.45. The molecule has 0 spiro atoms. The lowest BCUT2D eigenvalue weighted by Gasteiger charge is -2.31. The van der Waals surface area contributed by atoms with Crippen LogP contribution in [0.5, 0.6) is 0 Å². The predicted octanol–water partition coefficient (Wildman–Crippen LogP) is 3.00. The van der Waals surface area contributed by atoms with E-state index in [1.165, 1.54) is 10.6 Å². The molecule has 1 N–H and O–H groups in total. The summed E-state index contributed by atoms with van der Waals surface area (Å²) in [5.74, 6) is 0. The summed E-state index contributed by atoms with van der Waals surface area (Å²) in [6.45, 7) is 5.12. The van der Waals surface area contributed by atoms with Crippen LogP contribution in [0.1, 0.15) is 19.8 Å². The van der Waals surface area contributed by atoms with Gasteiger partial charge in [-0.15, -0.1) is 23.1 Å². The molecule has 1 aliphatic heterocycles. The average Bonchev–Trinajstić information content (AvgIpc) is 2.81. The van der Waals surface area contributed by atoms with Crippen LogP contribution in [0.4, 0.5) is 0 Å². The maximum atomic E-state index is 5.58. The topological polar surface area (TPSA) is 21.3 Å². The molecule has 0 amide bonds. The molecule has 4 heteroatoms. The molecule has 16 heavy (non-hydrogen) atoms. The van der Waals surface area contributed by atoms with Crippen LogP contribution < -0.4 is 5.32 Å². The summed E-state index contributed by atoms with van der Waals surface area (Å²) in [6.07, 6.45) is 2.34. The van der Waals surface area contributed by atoms with Crippen molar-refractivity contribution in [3.05, 3.63) is 17.5 Å². The number of thiophene rings is 1. The molecule has 1 aromatic heterocycles. The molecule has 0 saturated carbocycles. The second kappa shape index (κ2) is 6.64. The summed E-state index contributed by atoms with van der Waals surface area (Å²) >= 11 is 3.78. The Kier molecular flexibility index (Phi) is 5.16. The van der Waals surface area contributed by atoms with Crippen molar-refractivity contribution < 1.29 is 4.74 Å². The Balaban J connectivity index is 1.88. The first-order chi connectivity index (χ1) is 7.90. The van der Waals surface area contributed by atoms with Crippen molar-refractivity contribution in [1.82, 2.24) is 5.32 Å². The lowest BCUT2D eigenvalue weighted by atomic mass is 10.1. The number of nitrogens with one attached hydrogen (secondary N) is 1. The van der Waals surface area contributed by atoms with E-state index in [2.05, 4.69) is 29.8 Å². The molecule has 90 valence electrons. The van der Waals surface area contributed by atoms with Gasteiger partial charge in [0.25, 0.3) is 0 Å². The van der Waals surface area contributed by atoms with E-state index in [-0.39, 0.29) is 0 Å². The van der Waals surface area contributed by atoms with Gasteiger partial charge in [-0.2, -0.15) is 0 Å². The van der Waals surface area contributed by atoms with Gasteiger partial charge < -0.3 is 10.1 Å². The third-order valence-corrected chi connectivity index (χ3v) is 5.10. The largest absolute Gasteiger partial charge is 0.380 e. The predicted molar refractivity (Wildman–Crippen MR) is 71.5 cm³/mol. The second-order valence-electron chi connectivity index (χ2n) is 4.01. The maximum Gasteiger partial charge on any atom is 0.0603 e. The van der Waals surface area contributed by atoms with Gasteiger partial charge in [0.05, 0.1) is 10.8 Å². The van der Waals surface area contributed by atoms with Crippen LogP contribution in [-0.4, -0.2) is 31.1 Å². The van der Waals surface area contributed by atoms with Crippen molar-refractivity contribution >= 4 is 23.1 Å². The summed E-state index contributed by atoms with van der Waals surface area (Å²) in [6, 6.07) is 4.92. The molecule has 0 radical (unpaired) electrons. The van der Waals surface area contributed by atoms with Crippen molar-refractivity contribution in [3.8, 4) is 0 Å². The van der Waals surface area contributed by atoms with Crippen LogP contribution in [0, 0.1) is 0 Å². The average molecular weight is 257 g/mol. The van der Waals surface area contributed by atoms with Crippen molar-refractivity contribution in [2.24, 2.45) is 0 Å². The molecular weight excluding hydrogens is 238 g/mol. The van der Waals surface area contributed by atoms with Crippen molar-refractivity contribution in [1.29, 1.82) is 0 Å². The second-order valence-corrected chi connectivity index (χ2v) is 6.50. The Hall–Kier alpha value is -0.0300. The van der Waals surface area contributed by atoms with Gasteiger partial charge in [-0.1, -0.05) is 13.0 Å². The van der Waals surface area contributed by atoms with Crippen molar-refractivity contribution in [3.63, 3.8) is 0 Å². The van der Waals surface area contributed by atoms with E-state index in [9.17, 15) is 0 Å². The molecule has 2 rings (SSSR count). The fourth-order valence-corrected chi connectivity index (χ4v) is 4.10. The summed E-state index contributed by atoms with van der Waals surface area (Å²) in [5.41, 5.74) is 0. The fourth-order valence-electron chi connectivity index (χ4n) is 1.87. The molecule has 2 unspecified atom stereocenters. The van der Waals surface area contributed by atoms with E-state index in [0.29, 0.717) is 11.3 Å². The van der Waals surface area contributed by atoms with E-state index in [4.69, 9.17) is 4.74 Å². The number of hydrogen-bond acceptors (Lipinski definition) is 4. The first kappa shape index (κ1) is 12.4. The zero-order valence-corrected chi connectivity index (χ0v) is 11.3. The van der Waals surface area contributed by atoms with E-state index in [0.717, 1.165) is 26.2 Å². The van der Waals surface area contributed by atoms with Crippen LogP contribution >= 0.6 is 23.1 Å². The lowest BCUT2D eigenvalue weighted by molar-refractivity contribution is 0.0833. The van der Waals surface area contributed by atoms with Gasteiger partial charge in [-0.05, 0) is 30.8 Å². The summed E-state index contributed by atoms with van der Waals surface area (Å²) in [5, 5.41) is 6.35. The van der Waals surface area contributed by atoms with E-state index in [1.54, 1.807) is 0 Å². The van der Waals surface area contributed by atoms with Gasteiger partial charge in [0.15, 0.2) is 0 Å². The molecule has 1 fully saturated rings. The highest BCUT2D eigenvalue weighted by atomic mass is 32.2. The molecule has 1 aliphatic rings. The quantitative estimate of drug-likeness (QED) is 0.876. The van der Waals surface area contributed by atoms with Gasteiger partial charge >= 0.3 is 0 Å². The van der Waals surface area contributed by atoms with Crippen LogP contribution in [0.15, 0.2) is 21.7 Å². The number of rotatable bonds is 5. The zero-order valence-electron chi connectivity index (χ0n) is 9.65. The van der Waals surface area contributed by atoms with Crippen molar-refractivity contribution in [2.45, 2.75) is 35.3 Å². The fraction of sp³-hybridized carbons (Fsp3) is 0.667. The maximum absolute atomic E-state index is 5.58. The van der Waals surface area contributed by atoms with Gasteiger partial charge in [-0.3, -0.25) is 0 Å². The van der Waals surface area contributed by atoms with E-state index < -0.39 is 0 Å². The van der Waals surface area contributed by atoms with Gasteiger partial charge in [-0.25, -0.2) is 0 Å². The number of ether oxygens (including phenoxy) is 1. The summed E-state index contributed by atoms with van der Waals surface area (Å²) in [4.78, 5) is 0. The van der Waals surface area contributed by atoms with E-state index >= 15 is 0 Å². The zero-order chi connectivity index (χ0) is 11.2. The summed E-state index contributed by atoms with van der Waals surface area (Å²) < 4.78 is 6.99. The molecule has 2 nitrogen and oxygen atoms in total. The molecule has 1 saturated heterocycles. The highest BCUT2D eigenvalue weighted by Gasteiger charge is 2.26. The van der Waals surface area contributed by atoms with Crippen LogP contribution in [0.2, 0.25) is 0 Å². The Morgan fingerprint density at radius 3 is 3.31 bits per heavy atom. The Bertz CT molecular complexity index is 289. The minimum atomic E-state index is 0.568. The van der Waals surface area contributed by atoms with Gasteiger partial charge in [0.2, 0.25) is 0 Å². The van der Waals surface area contributed by atoms with E-state index in [1.807, 2.05) is 23.1 Å². The standard InChI is InChI=1S/C12H19NOS2/c1-2-6-13-10-5-7-14-9-11(10)16-12-4-3-8-15-12/h3-4,8,10-11,13H,2,5-7,9H2,1H3. The smallest absolute Gasteiger partial charge is 0.0603 e. The van der Waals surface area contributed by atoms with Crippen LogP contribution in [0.3, 0.4) is 0 Å². The van der Waals surface area contributed by atoms with Crippen LogP contribution in [-0.2, 0) is 4.74 Å².